The topological polar surface area (TPSA) is 48.7 Å². The molecule has 18 heavy (non-hydrogen) atoms. The number of nitrogens with one attached hydrogen (secondary N) is 1. The van der Waals surface area contributed by atoms with E-state index in [-0.39, 0.29) is 0 Å². The van der Waals surface area contributed by atoms with Crippen molar-refractivity contribution in [1.82, 2.24) is 4.98 Å². The second-order valence-corrected chi connectivity index (χ2v) is 5.33. The zero-order valence-corrected chi connectivity index (χ0v) is 11.2. The minimum atomic E-state index is 0.453. The summed E-state index contributed by atoms with van der Waals surface area (Å²) in [6, 6.07) is 6.41. The average molecular weight is 243 g/mol. The van der Waals surface area contributed by atoms with E-state index in [1.165, 1.54) is 32.1 Å². The minimum Gasteiger partial charge on any atom is -0.366 e. The van der Waals surface area contributed by atoms with Crippen molar-refractivity contribution in [1.29, 1.82) is 5.26 Å². The lowest BCUT2D eigenvalue weighted by Crippen LogP contribution is -2.27. The van der Waals surface area contributed by atoms with Crippen LogP contribution in [0.25, 0.3) is 0 Å². The second kappa shape index (κ2) is 5.86. The highest BCUT2D eigenvalue weighted by Crippen LogP contribution is 2.26. The molecule has 3 nitrogen and oxygen atoms in total. The number of nitrogens with zero attached hydrogens (tertiary/aromatic N) is 2. The Labute approximate surface area is 109 Å². The Hall–Kier alpha value is -1.56. The number of pyridine rings is 1. The van der Waals surface area contributed by atoms with Gasteiger partial charge in [0.1, 0.15) is 11.9 Å². The van der Waals surface area contributed by atoms with Gasteiger partial charge in [-0.15, -0.1) is 0 Å². The smallest absolute Gasteiger partial charge is 0.144 e. The summed E-state index contributed by atoms with van der Waals surface area (Å²) in [4.78, 5) is 4.47. The predicted molar refractivity (Wildman–Crippen MR) is 73.3 cm³/mol. The summed E-state index contributed by atoms with van der Waals surface area (Å²) in [6.07, 6.45) is 6.38. The van der Waals surface area contributed by atoms with E-state index in [4.69, 9.17) is 5.26 Å². The molecule has 96 valence electrons. The van der Waals surface area contributed by atoms with Crippen LogP contribution in [0, 0.1) is 24.2 Å². The Morgan fingerprint density at radius 1 is 1.28 bits per heavy atom. The van der Waals surface area contributed by atoms with Gasteiger partial charge in [-0.2, -0.15) is 5.26 Å². The van der Waals surface area contributed by atoms with Crippen molar-refractivity contribution in [3.05, 3.63) is 23.4 Å². The van der Waals surface area contributed by atoms with Crippen molar-refractivity contribution in [2.24, 2.45) is 5.92 Å². The third-order valence-corrected chi connectivity index (χ3v) is 3.84. The monoisotopic (exact) mass is 243 g/mol. The summed E-state index contributed by atoms with van der Waals surface area (Å²) in [6.45, 7) is 4.26. The largest absolute Gasteiger partial charge is 0.366 e. The Bertz CT molecular complexity index is 448. The van der Waals surface area contributed by atoms with Gasteiger partial charge >= 0.3 is 0 Å². The maximum absolute atomic E-state index is 9.13. The first-order valence-electron chi connectivity index (χ1n) is 6.85. The maximum Gasteiger partial charge on any atom is 0.144 e. The first-order chi connectivity index (χ1) is 8.70. The number of anilines is 1. The molecule has 3 heteroatoms. The average Bonchev–Trinajstić information content (AvgIpc) is 2.55. The quantitative estimate of drug-likeness (QED) is 0.807. The SMILES string of the molecule is Cc1ccc(C#N)c(NC2CCCCCC2C)n1. The lowest BCUT2D eigenvalue weighted by atomic mass is 9.97. The van der Waals surface area contributed by atoms with Gasteiger partial charge < -0.3 is 5.32 Å². The van der Waals surface area contributed by atoms with Crippen LogP contribution >= 0.6 is 0 Å². The molecule has 2 unspecified atom stereocenters. The first-order valence-corrected chi connectivity index (χ1v) is 6.85. The van der Waals surface area contributed by atoms with Gasteiger partial charge in [0.15, 0.2) is 0 Å². The maximum atomic E-state index is 9.13. The molecule has 0 spiro atoms. The molecule has 1 fully saturated rings. The second-order valence-electron chi connectivity index (χ2n) is 5.33. The highest BCUT2D eigenvalue weighted by atomic mass is 15.0. The fourth-order valence-corrected chi connectivity index (χ4v) is 2.64. The molecular formula is C15H21N3. The number of rotatable bonds is 2. The standard InChI is InChI=1S/C15H21N3/c1-11-6-4-3-5-7-14(11)18-15-13(10-16)9-8-12(2)17-15/h8-9,11,14H,3-7H2,1-2H3,(H,17,18). The summed E-state index contributed by atoms with van der Waals surface area (Å²) >= 11 is 0. The molecule has 2 atom stereocenters. The minimum absolute atomic E-state index is 0.453. The van der Waals surface area contributed by atoms with Crippen LogP contribution in [0.4, 0.5) is 5.82 Å². The molecule has 1 heterocycles. The van der Waals surface area contributed by atoms with Crippen molar-refractivity contribution < 1.29 is 0 Å². The molecule has 1 saturated carbocycles. The number of nitriles is 1. The molecule has 0 amide bonds. The fraction of sp³-hybridized carbons (Fsp3) is 0.600. The molecule has 0 aliphatic heterocycles. The Morgan fingerprint density at radius 3 is 2.83 bits per heavy atom. The van der Waals surface area contributed by atoms with Crippen molar-refractivity contribution in [3.8, 4) is 6.07 Å². The lowest BCUT2D eigenvalue weighted by molar-refractivity contribution is 0.455. The van der Waals surface area contributed by atoms with Crippen LogP contribution in [-0.4, -0.2) is 11.0 Å². The molecule has 2 rings (SSSR count). The number of aryl methyl sites for hydroxylation is 1. The Balaban J connectivity index is 2.17. The van der Waals surface area contributed by atoms with Gasteiger partial charge in [0.2, 0.25) is 0 Å². The van der Waals surface area contributed by atoms with E-state index in [9.17, 15) is 0 Å². The van der Waals surface area contributed by atoms with Crippen LogP contribution in [0.15, 0.2) is 12.1 Å². The van der Waals surface area contributed by atoms with Gasteiger partial charge in [-0.1, -0.05) is 26.2 Å². The molecule has 1 aliphatic rings. The molecular weight excluding hydrogens is 222 g/mol. The van der Waals surface area contributed by atoms with Crippen LogP contribution < -0.4 is 5.32 Å². The molecule has 0 radical (unpaired) electrons. The molecule has 1 N–H and O–H groups in total. The van der Waals surface area contributed by atoms with Crippen LogP contribution in [0.5, 0.6) is 0 Å². The van der Waals surface area contributed by atoms with Gasteiger partial charge in [0.25, 0.3) is 0 Å². The highest BCUT2D eigenvalue weighted by molar-refractivity contribution is 5.52. The van der Waals surface area contributed by atoms with Crippen molar-refractivity contribution in [3.63, 3.8) is 0 Å². The summed E-state index contributed by atoms with van der Waals surface area (Å²) < 4.78 is 0. The van der Waals surface area contributed by atoms with E-state index < -0.39 is 0 Å². The zero-order chi connectivity index (χ0) is 13.0. The number of hydrogen-bond acceptors (Lipinski definition) is 3. The van der Waals surface area contributed by atoms with Crippen molar-refractivity contribution >= 4 is 5.82 Å². The van der Waals surface area contributed by atoms with E-state index in [1.807, 2.05) is 19.1 Å². The Kier molecular flexibility index (Phi) is 4.19. The molecule has 0 saturated heterocycles. The van der Waals surface area contributed by atoms with E-state index in [1.54, 1.807) is 0 Å². The molecule has 0 bridgehead atoms. The first kappa shape index (κ1) is 12.9. The summed E-state index contributed by atoms with van der Waals surface area (Å²) in [5.41, 5.74) is 1.61. The normalized spacial score (nSPS) is 24.1. The summed E-state index contributed by atoms with van der Waals surface area (Å²) in [5.74, 6) is 1.41. The van der Waals surface area contributed by atoms with Gasteiger partial charge in [-0.3, -0.25) is 0 Å². The molecule has 1 aromatic heterocycles. The molecule has 1 aromatic rings. The molecule has 1 aliphatic carbocycles. The summed E-state index contributed by atoms with van der Waals surface area (Å²) in [5, 5.41) is 12.6. The van der Waals surface area contributed by atoms with E-state index in [0.717, 1.165) is 11.5 Å². The van der Waals surface area contributed by atoms with E-state index in [2.05, 4.69) is 23.3 Å². The van der Waals surface area contributed by atoms with Gasteiger partial charge in [-0.25, -0.2) is 4.98 Å². The van der Waals surface area contributed by atoms with Crippen LogP contribution in [0.1, 0.15) is 50.3 Å². The van der Waals surface area contributed by atoms with Crippen LogP contribution in [0.3, 0.4) is 0 Å². The number of aromatic nitrogens is 1. The molecule has 0 aromatic carbocycles. The van der Waals surface area contributed by atoms with Gasteiger partial charge in [0, 0.05) is 11.7 Å². The fourth-order valence-electron chi connectivity index (χ4n) is 2.64. The lowest BCUT2D eigenvalue weighted by Gasteiger charge is -2.24. The predicted octanol–water partition coefficient (Wildman–Crippen LogP) is 3.64. The van der Waals surface area contributed by atoms with Crippen molar-refractivity contribution in [2.45, 2.75) is 52.0 Å². The third kappa shape index (κ3) is 3.01. The highest BCUT2D eigenvalue weighted by Gasteiger charge is 2.21. The van der Waals surface area contributed by atoms with Crippen LogP contribution in [0.2, 0.25) is 0 Å². The Morgan fingerprint density at radius 2 is 2.06 bits per heavy atom. The van der Waals surface area contributed by atoms with Crippen molar-refractivity contribution in [2.75, 3.05) is 5.32 Å². The van der Waals surface area contributed by atoms with Gasteiger partial charge in [0.05, 0.1) is 5.56 Å². The van der Waals surface area contributed by atoms with E-state index >= 15 is 0 Å². The summed E-state index contributed by atoms with van der Waals surface area (Å²) in [7, 11) is 0. The third-order valence-electron chi connectivity index (χ3n) is 3.84. The van der Waals surface area contributed by atoms with Crippen LogP contribution in [-0.2, 0) is 0 Å². The van der Waals surface area contributed by atoms with E-state index in [0.29, 0.717) is 17.5 Å². The zero-order valence-electron chi connectivity index (χ0n) is 11.2. The van der Waals surface area contributed by atoms with Gasteiger partial charge in [-0.05, 0) is 37.8 Å². The number of hydrogen-bond donors (Lipinski definition) is 1.